The second kappa shape index (κ2) is 5.47. The van der Waals surface area contributed by atoms with Gasteiger partial charge >= 0.3 is 5.97 Å². The van der Waals surface area contributed by atoms with Crippen molar-refractivity contribution >= 4 is 11.7 Å². The standard InChI is InChI=1S/C16H18FNO3/c1-3-13-14(18-21-15(13)16(19)20-2)11-6-10(9-4-5-9)7-12(17)8-11/h6-9,13,15H,3-5H2,1-2H3. The van der Waals surface area contributed by atoms with Crippen molar-refractivity contribution in [3.05, 3.63) is 35.1 Å². The molecule has 0 amide bonds. The minimum atomic E-state index is -0.734. The Kier molecular flexibility index (Phi) is 3.66. The summed E-state index contributed by atoms with van der Waals surface area (Å²) in [5.74, 6) is -0.460. The lowest BCUT2D eigenvalue weighted by atomic mass is 9.89. The normalized spacial score (nSPS) is 24.4. The van der Waals surface area contributed by atoms with Crippen molar-refractivity contribution in [2.45, 2.75) is 38.2 Å². The average Bonchev–Trinajstić information content (AvgIpc) is 3.24. The zero-order valence-corrected chi connectivity index (χ0v) is 12.1. The number of nitrogens with zero attached hydrogens (tertiary/aromatic N) is 1. The maximum Gasteiger partial charge on any atom is 0.350 e. The molecule has 0 radical (unpaired) electrons. The van der Waals surface area contributed by atoms with E-state index in [1.807, 2.05) is 13.0 Å². The summed E-state index contributed by atoms with van der Waals surface area (Å²) in [7, 11) is 1.32. The highest BCUT2D eigenvalue weighted by Gasteiger charge is 2.40. The third-order valence-electron chi connectivity index (χ3n) is 4.12. The number of rotatable bonds is 4. The fourth-order valence-electron chi connectivity index (χ4n) is 2.81. The molecule has 0 bridgehead atoms. The molecule has 0 aromatic heterocycles. The van der Waals surface area contributed by atoms with E-state index in [0.29, 0.717) is 23.6 Å². The number of hydrogen-bond acceptors (Lipinski definition) is 4. The molecule has 1 fully saturated rings. The highest BCUT2D eigenvalue weighted by molar-refractivity contribution is 6.05. The molecule has 2 atom stereocenters. The summed E-state index contributed by atoms with van der Waals surface area (Å²) < 4.78 is 18.6. The number of hydrogen-bond donors (Lipinski definition) is 0. The van der Waals surface area contributed by atoms with E-state index in [0.717, 1.165) is 18.4 Å². The van der Waals surface area contributed by atoms with Crippen LogP contribution >= 0.6 is 0 Å². The van der Waals surface area contributed by atoms with E-state index >= 15 is 0 Å². The van der Waals surface area contributed by atoms with Crippen molar-refractivity contribution in [1.29, 1.82) is 0 Å². The number of esters is 1. The molecule has 0 saturated heterocycles. The number of carbonyl (C=O) groups excluding carboxylic acids is 1. The molecule has 1 aromatic carbocycles. The number of oxime groups is 1. The zero-order chi connectivity index (χ0) is 15.0. The topological polar surface area (TPSA) is 47.9 Å². The highest BCUT2D eigenvalue weighted by Crippen LogP contribution is 2.41. The molecular formula is C16H18FNO3. The minimum Gasteiger partial charge on any atom is -0.466 e. The predicted molar refractivity (Wildman–Crippen MR) is 75.6 cm³/mol. The van der Waals surface area contributed by atoms with Gasteiger partial charge in [-0.2, -0.15) is 0 Å². The lowest BCUT2D eigenvalue weighted by Crippen LogP contribution is -2.32. The monoisotopic (exact) mass is 291 g/mol. The molecule has 0 N–H and O–H groups in total. The first-order valence-corrected chi connectivity index (χ1v) is 7.26. The third kappa shape index (κ3) is 2.64. The van der Waals surface area contributed by atoms with Crippen LogP contribution in [0.3, 0.4) is 0 Å². The molecule has 3 rings (SSSR count). The van der Waals surface area contributed by atoms with Crippen molar-refractivity contribution in [1.82, 2.24) is 0 Å². The summed E-state index contributed by atoms with van der Waals surface area (Å²) >= 11 is 0. The van der Waals surface area contributed by atoms with Gasteiger partial charge < -0.3 is 9.57 Å². The molecule has 0 spiro atoms. The van der Waals surface area contributed by atoms with Gasteiger partial charge in [0, 0.05) is 5.56 Å². The largest absolute Gasteiger partial charge is 0.466 e. The SMILES string of the molecule is CCC1C(c2cc(F)cc(C3CC3)c2)=NOC1C(=O)OC. The fraction of sp³-hybridized carbons (Fsp3) is 0.500. The van der Waals surface area contributed by atoms with Crippen molar-refractivity contribution in [3.8, 4) is 0 Å². The molecule has 1 saturated carbocycles. The number of methoxy groups -OCH3 is 1. The van der Waals surface area contributed by atoms with Crippen molar-refractivity contribution in [2.75, 3.05) is 7.11 Å². The van der Waals surface area contributed by atoms with Gasteiger partial charge in [0.1, 0.15) is 5.82 Å². The van der Waals surface area contributed by atoms with E-state index in [9.17, 15) is 9.18 Å². The zero-order valence-electron chi connectivity index (χ0n) is 12.1. The Bertz CT molecular complexity index is 595. The molecule has 1 heterocycles. The fourth-order valence-corrected chi connectivity index (χ4v) is 2.81. The molecule has 2 unspecified atom stereocenters. The van der Waals surface area contributed by atoms with Crippen LogP contribution in [0, 0.1) is 11.7 Å². The summed E-state index contributed by atoms with van der Waals surface area (Å²) in [4.78, 5) is 16.9. The third-order valence-corrected chi connectivity index (χ3v) is 4.12. The van der Waals surface area contributed by atoms with Crippen LogP contribution in [0.25, 0.3) is 0 Å². The van der Waals surface area contributed by atoms with Crippen LogP contribution in [0.15, 0.2) is 23.4 Å². The van der Waals surface area contributed by atoms with Crippen molar-refractivity contribution in [3.63, 3.8) is 0 Å². The van der Waals surface area contributed by atoms with Gasteiger partial charge in [0.15, 0.2) is 0 Å². The maximum absolute atomic E-state index is 13.8. The molecule has 1 aliphatic carbocycles. The van der Waals surface area contributed by atoms with E-state index in [1.165, 1.54) is 13.2 Å². The molecule has 1 aromatic rings. The first kappa shape index (κ1) is 14.0. The second-order valence-corrected chi connectivity index (χ2v) is 5.59. The summed E-state index contributed by atoms with van der Waals surface area (Å²) in [6.45, 7) is 1.95. The van der Waals surface area contributed by atoms with Gasteiger partial charge in [-0.25, -0.2) is 9.18 Å². The molecule has 2 aliphatic rings. The summed E-state index contributed by atoms with van der Waals surface area (Å²) in [5.41, 5.74) is 2.34. The predicted octanol–water partition coefficient (Wildman–Crippen LogP) is 3.01. The van der Waals surface area contributed by atoms with Gasteiger partial charge in [-0.1, -0.05) is 12.1 Å². The van der Waals surface area contributed by atoms with E-state index in [2.05, 4.69) is 5.16 Å². The maximum atomic E-state index is 13.8. The lowest BCUT2D eigenvalue weighted by molar-refractivity contribution is -0.154. The van der Waals surface area contributed by atoms with Crippen LogP contribution in [0.1, 0.15) is 43.2 Å². The number of halogens is 1. The van der Waals surface area contributed by atoms with Gasteiger partial charge in [0.25, 0.3) is 0 Å². The average molecular weight is 291 g/mol. The van der Waals surface area contributed by atoms with Crippen LogP contribution in [0.2, 0.25) is 0 Å². The summed E-state index contributed by atoms with van der Waals surface area (Å²) in [5, 5.41) is 4.02. The van der Waals surface area contributed by atoms with E-state index in [-0.39, 0.29) is 11.7 Å². The molecular weight excluding hydrogens is 273 g/mol. The Morgan fingerprint density at radius 2 is 2.19 bits per heavy atom. The van der Waals surface area contributed by atoms with Crippen LogP contribution in [0.4, 0.5) is 4.39 Å². The van der Waals surface area contributed by atoms with E-state index in [1.54, 1.807) is 6.07 Å². The molecule has 112 valence electrons. The second-order valence-electron chi connectivity index (χ2n) is 5.59. The van der Waals surface area contributed by atoms with Crippen LogP contribution in [0.5, 0.6) is 0 Å². The van der Waals surface area contributed by atoms with Gasteiger partial charge in [0.05, 0.1) is 18.7 Å². The molecule has 21 heavy (non-hydrogen) atoms. The molecule has 4 nitrogen and oxygen atoms in total. The quantitative estimate of drug-likeness (QED) is 0.801. The Balaban J connectivity index is 1.91. The molecule has 5 heteroatoms. The van der Waals surface area contributed by atoms with Crippen molar-refractivity contribution in [2.24, 2.45) is 11.1 Å². The minimum absolute atomic E-state index is 0.202. The van der Waals surface area contributed by atoms with E-state index in [4.69, 9.17) is 9.57 Å². The summed E-state index contributed by atoms with van der Waals surface area (Å²) in [6, 6.07) is 5.00. The van der Waals surface area contributed by atoms with Crippen LogP contribution in [-0.2, 0) is 14.4 Å². The Morgan fingerprint density at radius 1 is 1.43 bits per heavy atom. The first-order chi connectivity index (χ1) is 10.1. The highest BCUT2D eigenvalue weighted by atomic mass is 19.1. The smallest absolute Gasteiger partial charge is 0.350 e. The first-order valence-electron chi connectivity index (χ1n) is 7.26. The Labute approximate surface area is 122 Å². The van der Waals surface area contributed by atoms with Crippen LogP contribution in [-0.4, -0.2) is 24.9 Å². The van der Waals surface area contributed by atoms with Gasteiger partial charge in [0.2, 0.25) is 6.10 Å². The number of ether oxygens (including phenoxy) is 1. The Morgan fingerprint density at radius 3 is 2.81 bits per heavy atom. The Hall–Kier alpha value is -1.91. The molecule has 1 aliphatic heterocycles. The van der Waals surface area contributed by atoms with Gasteiger partial charge in [-0.3, -0.25) is 0 Å². The lowest BCUT2D eigenvalue weighted by Gasteiger charge is -2.15. The van der Waals surface area contributed by atoms with Crippen molar-refractivity contribution < 1.29 is 18.8 Å². The van der Waals surface area contributed by atoms with Crippen LogP contribution < -0.4 is 0 Å². The number of benzene rings is 1. The van der Waals surface area contributed by atoms with E-state index < -0.39 is 12.1 Å². The van der Waals surface area contributed by atoms with Gasteiger partial charge in [-0.05, 0) is 48.9 Å². The summed E-state index contributed by atoms with van der Waals surface area (Å²) in [6.07, 6.45) is 2.15. The number of carbonyl (C=O) groups is 1. The van der Waals surface area contributed by atoms with Gasteiger partial charge in [-0.15, -0.1) is 0 Å².